The van der Waals surface area contributed by atoms with E-state index in [9.17, 15) is 0 Å². The first-order valence-corrected chi connectivity index (χ1v) is 10.0. The summed E-state index contributed by atoms with van der Waals surface area (Å²) in [6, 6.07) is 21.8. The highest BCUT2D eigenvalue weighted by atomic mass is 127. The second kappa shape index (κ2) is 5.44. The van der Waals surface area contributed by atoms with Crippen molar-refractivity contribution in [2.24, 2.45) is 0 Å². The molecule has 0 radical (unpaired) electrons. The topological polar surface area (TPSA) is 0 Å². The van der Waals surface area contributed by atoms with Gasteiger partial charge in [-0.15, -0.1) is 7.20 Å². The van der Waals surface area contributed by atoms with Gasteiger partial charge in [0.1, 0.15) is 0 Å². The first kappa shape index (κ1) is 13.0. The minimum Gasteiger partial charge on any atom is -0.131 e. The lowest BCUT2D eigenvalue weighted by molar-refractivity contribution is 1.08. The summed E-state index contributed by atoms with van der Waals surface area (Å²) >= 11 is 2.68. The molecule has 0 saturated heterocycles. The van der Waals surface area contributed by atoms with Crippen LogP contribution in [0.1, 0.15) is 13.8 Å². The van der Waals surface area contributed by atoms with Crippen LogP contribution in [0.3, 0.4) is 0 Å². The van der Waals surface area contributed by atoms with Crippen molar-refractivity contribution in [1.82, 2.24) is 0 Å². The third-order valence-electron chi connectivity index (χ3n) is 2.82. The van der Waals surface area contributed by atoms with Gasteiger partial charge in [0.2, 0.25) is 0 Å². The third-order valence-corrected chi connectivity index (χ3v) is 12.1. The summed E-state index contributed by atoms with van der Waals surface area (Å²) in [5.41, 5.74) is 0. The average molecular weight is 356 g/mol. The zero-order valence-corrected chi connectivity index (χ0v) is 13.1. The molecule has 0 atom stereocenters. The Bertz CT molecular complexity index is 425. The van der Waals surface area contributed by atoms with Gasteiger partial charge in [-0.05, 0) is 50.7 Å². The minimum atomic E-state index is -0.943. The second-order valence-corrected chi connectivity index (χ2v) is 11.5. The van der Waals surface area contributed by atoms with Crippen LogP contribution >= 0.6 is 28.4 Å². The lowest BCUT2D eigenvalue weighted by atomic mass is 10.4. The molecule has 0 fully saturated rings. The Kier molecular flexibility index (Phi) is 4.15. The molecule has 2 aromatic carbocycles. The number of hydrogen-bond donors (Lipinski definition) is 0. The van der Waals surface area contributed by atoms with Crippen molar-refractivity contribution in [3.63, 3.8) is 0 Å². The van der Waals surface area contributed by atoms with Crippen LogP contribution < -0.4 is 0 Å². The Morgan fingerprint density at radius 2 is 1.12 bits per heavy atom. The molecule has 90 valence electrons. The number of halogens is 1. The van der Waals surface area contributed by atoms with Crippen LogP contribution in [0.4, 0.5) is 0 Å². The zero-order valence-electron chi connectivity index (χ0n) is 10.1. The maximum Gasteiger partial charge on any atom is 0.00298 e. The van der Waals surface area contributed by atoms with E-state index < -0.39 is 7.20 Å². The first-order chi connectivity index (χ1) is 8.15. The monoisotopic (exact) mass is 356 g/mol. The van der Waals surface area contributed by atoms with Crippen molar-refractivity contribution in [3.05, 3.63) is 60.7 Å². The molecule has 0 aliphatic carbocycles. The summed E-state index contributed by atoms with van der Waals surface area (Å²) in [7, 11) is -0.943. The Morgan fingerprint density at radius 1 is 0.765 bits per heavy atom. The van der Waals surface area contributed by atoms with E-state index in [1.807, 2.05) is 0 Å². The molecular formula is C15H17IS. The molecule has 0 heterocycles. The molecule has 2 heteroatoms. The Hall–Kier alpha value is -0.480. The lowest BCUT2D eigenvalue weighted by Gasteiger charge is -2.38. The maximum atomic E-state index is 2.68. The predicted octanol–water partition coefficient (Wildman–Crippen LogP) is 5.67. The van der Waals surface area contributed by atoms with Crippen LogP contribution in [-0.2, 0) is 0 Å². The van der Waals surface area contributed by atoms with Gasteiger partial charge in [0.15, 0.2) is 0 Å². The predicted molar refractivity (Wildman–Crippen MR) is 86.2 cm³/mol. The first-order valence-electron chi connectivity index (χ1n) is 5.77. The van der Waals surface area contributed by atoms with Gasteiger partial charge in [0.05, 0.1) is 0 Å². The van der Waals surface area contributed by atoms with Crippen molar-refractivity contribution in [2.45, 2.75) is 28.9 Å². The molecule has 0 nitrogen and oxygen atoms in total. The molecule has 2 rings (SSSR count). The molecule has 0 spiro atoms. The highest BCUT2D eigenvalue weighted by molar-refractivity contribution is 14.2. The number of hydrogen-bond acceptors (Lipinski definition) is 0. The summed E-state index contributed by atoms with van der Waals surface area (Å²) in [6.45, 7) is 4.64. The molecule has 0 aliphatic rings. The van der Waals surface area contributed by atoms with E-state index in [4.69, 9.17) is 0 Å². The van der Waals surface area contributed by atoms with Gasteiger partial charge in [-0.3, -0.25) is 0 Å². The molecule has 0 aromatic heterocycles. The summed E-state index contributed by atoms with van der Waals surface area (Å²) in [4.78, 5) is 2.92. The van der Waals surface area contributed by atoms with Crippen molar-refractivity contribution < 1.29 is 0 Å². The fourth-order valence-electron chi connectivity index (χ4n) is 1.92. The van der Waals surface area contributed by atoms with E-state index in [2.05, 4.69) is 95.7 Å². The van der Waals surface area contributed by atoms with Gasteiger partial charge in [0, 0.05) is 9.79 Å². The molecule has 2 aromatic rings. The fraction of sp³-hybridized carbons (Fsp3) is 0.200. The van der Waals surface area contributed by atoms with Crippen molar-refractivity contribution in [3.8, 4) is 0 Å². The van der Waals surface area contributed by atoms with E-state index in [0.29, 0.717) is 5.25 Å². The summed E-state index contributed by atoms with van der Waals surface area (Å²) in [5, 5.41) is 0.632. The third kappa shape index (κ3) is 2.52. The van der Waals surface area contributed by atoms with E-state index in [1.165, 1.54) is 9.79 Å². The summed E-state index contributed by atoms with van der Waals surface area (Å²) in [5.74, 6) is 0. The van der Waals surface area contributed by atoms with Crippen LogP contribution in [0.2, 0.25) is 0 Å². The highest BCUT2D eigenvalue weighted by Crippen LogP contribution is 2.71. The van der Waals surface area contributed by atoms with E-state index >= 15 is 0 Å². The molecular weight excluding hydrogens is 339 g/mol. The molecule has 0 N–H and O–H groups in total. The molecule has 0 bridgehead atoms. The summed E-state index contributed by atoms with van der Waals surface area (Å²) in [6.07, 6.45) is 0. The van der Waals surface area contributed by atoms with Crippen LogP contribution in [0.5, 0.6) is 0 Å². The largest absolute Gasteiger partial charge is 0.131 e. The van der Waals surface area contributed by atoms with E-state index in [0.717, 1.165) is 0 Å². The van der Waals surface area contributed by atoms with Gasteiger partial charge >= 0.3 is 0 Å². The SMILES string of the molecule is CC(C)S(I)(c1ccccc1)c1ccccc1. The van der Waals surface area contributed by atoms with E-state index in [1.54, 1.807) is 0 Å². The highest BCUT2D eigenvalue weighted by Gasteiger charge is 2.28. The Labute approximate surface area is 117 Å². The maximum absolute atomic E-state index is 2.68. The lowest BCUT2D eigenvalue weighted by Crippen LogP contribution is -2.06. The van der Waals surface area contributed by atoms with Gasteiger partial charge in [-0.2, -0.15) is 0 Å². The molecule has 0 saturated carbocycles. The normalized spacial score (nSPS) is 12.7. The fourth-order valence-corrected chi connectivity index (χ4v) is 6.15. The smallest absolute Gasteiger partial charge is 0.00298 e. The van der Waals surface area contributed by atoms with Crippen molar-refractivity contribution >= 4 is 28.4 Å². The van der Waals surface area contributed by atoms with Gasteiger partial charge in [-0.1, -0.05) is 50.2 Å². The minimum absolute atomic E-state index is 0.632. The van der Waals surface area contributed by atoms with Crippen LogP contribution in [0.15, 0.2) is 70.5 Å². The number of rotatable bonds is 3. The van der Waals surface area contributed by atoms with Crippen molar-refractivity contribution in [1.29, 1.82) is 0 Å². The van der Waals surface area contributed by atoms with E-state index in [-0.39, 0.29) is 0 Å². The average Bonchev–Trinajstić information content (AvgIpc) is 2.39. The Balaban J connectivity index is 2.55. The molecule has 0 unspecified atom stereocenters. The second-order valence-electron chi connectivity index (χ2n) is 4.26. The van der Waals surface area contributed by atoms with Gasteiger partial charge < -0.3 is 0 Å². The summed E-state index contributed by atoms with van der Waals surface area (Å²) < 4.78 is 0. The van der Waals surface area contributed by atoms with Crippen molar-refractivity contribution in [2.75, 3.05) is 0 Å². The zero-order chi connectivity index (χ0) is 12.3. The van der Waals surface area contributed by atoms with Crippen LogP contribution in [0, 0.1) is 0 Å². The Morgan fingerprint density at radius 3 is 1.41 bits per heavy atom. The van der Waals surface area contributed by atoms with Crippen LogP contribution in [0.25, 0.3) is 0 Å². The quantitative estimate of drug-likeness (QED) is 0.622. The molecule has 17 heavy (non-hydrogen) atoms. The van der Waals surface area contributed by atoms with Crippen LogP contribution in [-0.4, -0.2) is 5.25 Å². The molecule has 0 amide bonds. The van der Waals surface area contributed by atoms with Gasteiger partial charge in [-0.25, -0.2) is 0 Å². The van der Waals surface area contributed by atoms with Gasteiger partial charge in [0.25, 0.3) is 0 Å². The standard InChI is InChI=1S/C15H17IS/c1-13(2)17(16,14-9-5-3-6-10-14)15-11-7-4-8-12-15/h3-13H,1-2H3. The number of benzene rings is 2. The molecule has 0 aliphatic heterocycles.